The van der Waals surface area contributed by atoms with E-state index in [1.807, 2.05) is 29.2 Å². The molecule has 6 heteroatoms. The molecule has 3 fully saturated rings. The van der Waals surface area contributed by atoms with Gasteiger partial charge in [-0.15, -0.1) is 0 Å². The number of fused-ring (bicyclic) bond motifs is 4. The van der Waals surface area contributed by atoms with E-state index in [9.17, 15) is 14.7 Å². The molecule has 4 aliphatic rings. The van der Waals surface area contributed by atoms with E-state index >= 15 is 0 Å². The number of para-hydroxylation sites is 1. The predicted octanol–water partition coefficient (Wildman–Crippen LogP) is 2.21. The highest BCUT2D eigenvalue weighted by Crippen LogP contribution is 2.55. The van der Waals surface area contributed by atoms with Crippen molar-refractivity contribution in [1.29, 1.82) is 0 Å². The fraction of sp³-hybridized carbons (Fsp3) is 0.524. The fourth-order valence-electron chi connectivity index (χ4n) is 5.98. The molecular weight excluding hydrogens is 344 g/mol. The number of nitrogens with zero attached hydrogens (tertiary/aromatic N) is 1. The first-order valence-electron chi connectivity index (χ1n) is 9.70. The number of aliphatic hydroxyl groups is 1. The number of aromatic nitrogens is 1. The maximum atomic E-state index is 13.3. The summed E-state index contributed by atoms with van der Waals surface area (Å²) in [7, 11) is 1.41. The number of H-pyrrole nitrogens is 1. The van der Waals surface area contributed by atoms with Crippen LogP contribution in [0.3, 0.4) is 0 Å². The standard InChI is InChI=1S/C21H24N2O4/c1-3-11-8-15-21(20(26)27-2)9-12(11)10-23(15)19(25)17(24)16-13-6-4-5-7-14(13)22-18(16)21/h4-7,11-12,15,19,22,25H,3,8-10H2,1-2H3/t11-,12-,15+,19-,21+/m1/s1. The summed E-state index contributed by atoms with van der Waals surface area (Å²) < 4.78 is 5.29. The number of aliphatic hydroxyl groups excluding tert-OH is 1. The number of hydrogen-bond acceptors (Lipinski definition) is 5. The van der Waals surface area contributed by atoms with E-state index in [1.165, 1.54) is 7.11 Å². The molecule has 3 aliphatic heterocycles. The molecule has 142 valence electrons. The summed E-state index contributed by atoms with van der Waals surface area (Å²) in [6.45, 7) is 2.82. The van der Waals surface area contributed by atoms with Gasteiger partial charge in [0.15, 0.2) is 6.23 Å². The van der Waals surface area contributed by atoms with E-state index in [0.717, 1.165) is 23.7 Å². The van der Waals surface area contributed by atoms with Crippen molar-refractivity contribution >= 4 is 22.7 Å². The number of methoxy groups -OCH3 is 1. The van der Waals surface area contributed by atoms with Crippen molar-refractivity contribution in [1.82, 2.24) is 9.88 Å². The summed E-state index contributed by atoms with van der Waals surface area (Å²) in [5.74, 6) is 0.108. The second kappa shape index (κ2) is 5.66. The van der Waals surface area contributed by atoms with Crippen LogP contribution in [-0.2, 0) is 14.9 Å². The first-order chi connectivity index (χ1) is 13.0. The lowest BCUT2D eigenvalue weighted by molar-refractivity contribution is -0.168. The van der Waals surface area contributed by atoms with Gasteiger partial charge in [-0.1, -0.05) is 31.5 Å². The van der Waals surface area contributed by atoms with Crippen molar-refractivity contribution in [2.24, 2.45) is 11.8 Å². The molecular formula is C21H24N2O4. The van der Waals surface area contributed by atoms with Gasteiger partial charge in [0.05, 0.1) is 12.7 Å². The van der Waals surface area contributed by atoms with Crippen molar-refractivity contribution in [3.63, 3.8) is 0 Å². The Labute approximate surface area is 157 Å². The Balaban J connectivity index is 1.83. The van der Waals surface area contributed by atoms with Crippen molar-refractivity contribution in [2.75, 3.05) is 13.7 Å². The summed E-state index contributed by atoms with van der Waals surface area (Å²) in [5, 5.41) is 11.7. The van der Waals surface area contributed by atoms with E-state index in [-0.39, 0.29) is 23.7 Å². The number of nitrogens with one attached hydrogen (secondary N) is 1. The van der Waals surface area contributed by atoms with Gasteiger partial charge in [0.2, 0.25) is 5.78 Å². The zero-order chi connectivity index (χ0) is 18.9. The van der Waals surface area contributed by atoms with Gasteiger partial charge in [-0.25, -0.2) is 0 Å². The van der Waals surface area contributed by atoms with Gasteiger partial charge in [0, 0.05) is 29.2 Å². The van der Waals surface area contributed by atoms with Crippen LogP contribution in [0.15, 0.2) is 24.3 Å². The largest absolute Gasteiger partial charge is 0.468 e. The molecule has 6 rings (SSSR count). The molecule has 4 bridgehead atoms. The summed E-state index contributed by atoms with van der Waals surface area (Å²) in [5.41, 5.74) is 0.955. The first kappa shape index (κ1) is 17.0. The Hall–Kier alpha value is -2.18. The van der Waals surface area contributed by atoms with E-state index in [0.29, 0.717) is 30.1 Å². The third-order valence-electron chi connectivity index (χ3n) is 7.21. The molecule has 1 unspecified atom stereocenters. The molecule has 1 saturated carbocycles. The normalized spacial score (nSPS) is 37.1. The molecule has 27 heavy (non-hydrogen) atoms. The second-order valence-corrected chi connectivity index (χ2v) is 8.20. The lowest BCUT2D eigenvalue weighted by atomic mass is 9.56. The van der Waals surface area contributed by atoms with Gasteiger partial charge in [0.1, 0.15) is 5.41 Å². The topological polar surface area (TPSA) is 82.6 Å². The molecule has 0 spiro atoms. The Bertz CT molecular complexity index is 951. The minimum atomic E-state index is -1.22. The zero-order valence-corrected chi connectivity index (χ0v) is 15.6. The molecule has 1 aromatic carbocycles. The third-order valence-corrected chi connectivity index (χ3v) is 7.21. The smallest absolute Gasteiger partial charge is 0.319 e. The molecule has 2 N–H and O–H groups in total. The van der Waals surface area contributed by atoms with Crippen LogP contribution in [0.5, 0.6) is 0 Å². The van der Waals surface area contributed by atoms with Crippen LogP contribution in [0, 0.1) is 11.8 Å². The molecule has 4 heterocycles. The highest BCUT2D eigenvalue weighted by molar-refractivity contribution is 6.13. The summed E-state index contributed by atoms with van der Waals surface area (Å²) >= 11 is 0. The van der Waals surface area contributed by atoms with Crippen LogP contribution < -0.4 is 0 Å². The summed E-state index contributed by atoms with van der Waals surface area (Å²) in [4.78, 5) is 31.7. The summed E-state index contributed by atoms with van der Waals surface area (Å²) in [6.07, 6.45) is 1.25. The average Bonchev–Trinajstić information content (AvgIpc) is 3.09. The molecule has 1 aromatic heterocycles. The van der Waals surface area contributed by atoms with E-state index < -0.39 is 11.6 Å². The number of carbonyl (C=O) groups excluding carboxylic acids is 2. The maximum Gasteiger partial charge on any atom is 0.319 e. The van der Waals surface area contributed by atoms with Crippen LogP contribution in [0.2, 0.25) is 0 Å². The first-order valence-corrected chi connectivity index (χ1v) is 9.70. The monoisotopic (exact) mass is 368 g/mol. The van der Waals surface area contributed by atoms with Gasteiger partial charge in [-0.3, -0.25) is 14.5 Å². The number of rotatable bonds is 2. The Morgan fingerprint density at radius 3 is 2.89 bits per heavy atom. The molecule has 0 radical (unpaired) electrons. The molecule has 6 atom stereocenters. The zero-order valence-electron chi connectivity index (χ0n) is 15.6. The molecule has 2 aromatic rings. The minimum Gasteiger partial charge on any atom is -0.468 e. The number of hydrogen-bond donors (Lipinski definition) is 2. The van der Waals surface area contributed by atoms with Gasteiger partial charge in [-0.05, 0) is 30.7 Å². The quantitative estimate of drug-likeness (QED) is 0.794. The fourth-order valence-corrected chi connectivity index (χ4v) is 5.98. The van der Waals surface area contributed by atoms with E-state index in [2.05, 4.69) is 11.9 Å². The number of ether oxygens (including phenoxy) is 1. The van der Waals surface area contributed by atoms with Crippen molar-refractivity contribution in [3.8, 4) is 0 Å². The van der Waals surface area contributed by atoms with Crippen LogP contribution >= 0.6 is 0 Å². The van der Waals surface area contributed by atoms with E-state index in [1.54, 1.807) is 0 Å². The Kier molecular flexibility index (Phi) is 3.55. The highest BCUT2D eigenvalue weighted by Gasteiger charge is 2.64. The SMILES string of the molecule is CC[C@@H]1C[C@@H]2N3C[C@H]1C[C@@]2(C(=O)OC)c1[nH]c2ccccc2c1C(=O)[C@H]3O. The predicted molar refractivity (Wildman–Crippen MR) is 99.3 cm³/mol. The minimum absolute atomic E-state index is 0.242. The second-order valence-electron chi connectivity index (χ2n) is 8.20. The lowest BCUT2D eigenvalue weighted by Crippen LogP contribution is -2.68. The lowest BCUT2D eigenvalue weighted by Gasteiger charge is -2.57. The molecule has 6 nitrogen and oxygen atoms in total. The molecule has 0 amide bonds. The van der Waals surface area contributed by atoms with Gasteiger partial charge in [-0.2, -0.15) is 0 Å². The van der Waals surface area contributed by atoms with E-state index in [4.69, 9.17) is 4.74 Å². The van der Waals surface area contributed by atoms with Crippen LogP contribution in [0.25, 0.3) is 10.9 Å². The number of esters is 1. The number of benzene rings is 1. The summed E-state index contributed by atoms with van der Waals surface area (Å²) in [6, 6.07) is 7.31. The Morgan fingerprint density at radius 2 is 2.19 bits per heavy atom. The van der Waals surface area contributed by atoms with Crippen LogP contribution in [0.4, 0.5) is 0 Å². The van der Waals surface area contributed by atoms with Crippen LogP contribution in [-0.4, -0.2) is 52.7 Å². The highest BCUT2D eigenvalue weighted by atomic mass is 16.5. The Morgan fingerprint density at radius 1 is 1.41 bits per heavy atom. The van der Waals surface area contributed by atoms with Gasteiger partial charge >= 0.3 is 5.97 Å². The molecule has 1 aliphatic carbocycles. The number of piperidine rings is 2. The van der Waals surface area contributed by atoms with Crippen molar-refractivity contribution < 1.29 is 19.4 Å². The maximum absolute atomic E-state index is 13.3. The molecule has 2 saturated heterocycles. The van der Waals surface area contributed by atoms with Crippen molar-refractivity contribution in [2.45, 2.75) is 43.9 Å². The number of aromatic amines is 1. The third kappa shape index (κ3) is 1.97. The number of carbonyl (C=O) groups is 2. The number of Topliss-reactive ketones (excluding diaryl/α,β-unsaturated/α-hetero) is 1. The number of ketones is 1. The van der Waals surface area contributed by atoms with Gasteiger partial charge in [0.25, 0.3) is 0 Å². The van der Waals surface area contributed by atoms with Gasteiger partial charge < -0.3 is 14.8 Å². The van der Waals surface area contributed by atoms with Crippen LogP contribution in [0.1, 0.15) is 42.2 Å². The van der Waals surface area contributed by atoms with Crippen molar-refractivity contribution in [3.05, 3.63) is 35.5 Å². The average molecular weight is 368 g/mol.